The Labute approximate surface area is 148 Å². The van der Waals surface area contributed by atoms with Crippen molar-refractivity contribution in [1.29, 1.82) is 0 Å². The second-order valence-corrected chi connectivity index (χ2v) is 6.58. The summed E-state index contributed by atoms with van der Waals surface area (Å²) in [6.45, 7) is 2.13. The molecule has 0 aliphatic rings. The smallest absolute Gasteiger partial charge is 0.138 e. The van der Waals surface area contributed by atoms with Gasteiger partial charge in [-0.15, -0.1) is 0 Å². The average molecular weight is 391 g/mol. The van der Waals surface area contributed by atoms with E-state index in [1.807, 2.05) is 53.1 Å². The van der Waals surface area contributed by atoms with Crippen LogP contribution in [0.3, 0.4) is 0 Å². The van der Waals surface area contributed by atoms with E-state index in [1.165, 1.54) is 0 Å². The molecule has 0 bridgehead atoms. The number of halogens is 1. The number of rotatable bonds is 6. The zero-order valence-electron chi connectivity index (χ0n) is 13.3. The van der Waals surface area contributed by atoms with Gasteiger partial charge in [-0.2, -0.15) is 0 Å². The van der Waals surface area contributed by atoms with Gasteiger partial charge in [0.25, 0.3) is 0 Å². The molecule has 3 rings (SSSR count). The minimum atomic E-state index is -0.719. The van der Waals surface area contributed by atoms with Crippen LogP contribution in [0.5, 0.6) is 5.75 Å². The van der Waals surface area contributed by atoms with Crippen molar-refractivity contribution in [3.63, 3.8) is 0 Å². The van der Waals surface area contributed by atoms with Crippen LogP contribution in [-0.4, -0.2) is 32.5 Å². The Balaban J connectivity index is 1.73. The Morgan fingerprint density at radius 1 is 1.12 bits per heavy atom. The van der Waals surface area contributed by atoms with Crippen molar-refractivity contribution >= 4 is 27.0 Å². The lowest BCUT2D eigenvalue weighted by Gasteiger charge is -2.16. The highest BCUT2D eigenvalue weighted by Crippen LogP contribution is 2.21. The number of hydrogen-bond donors (Lipinski definition) is 2. The lowest BCUT2D eigenvalue weighted by Crippen LogP contribution is -2.25. The predicted molar refractivity (Wildman–Crippen MR) is 96.0 cm³/mol. The summed E-state index contributed by atoms with van der Waals surface area (Å²) in [5.74, 6) is 1.24. The molecule has 1 heterocycles. The van der Waals surface area contributed by atoms with Gasteiger partial charge in [-0.3, -0.25) is 0 Å². The summed E-state index contributed by atoms with van der Waals surface area (Å²) < 4.78 is 8.43. The maximum atomic E-state index is 10.3. The highest BCUT2D eigenvalue weighted by atomic mass is 79.9. The van der Waals surface area contributed by atoms with E-state index in [0.717, 1.165) is 15.5 Å². The van der Waals surface area contributed by atoms with Gasteiger partial charge in [0.15, 0.2) is 0 Å². The Morgan fingerprint density at radius 2 is 1.83 bits per heavy atom. The quantitative estimate of drug-likeness (QED) is 0.677. The van der Waals surface area contributed by atoms with Gasteiger partial charge in [0, 0.05) is 4.47 Å². The molecule has 0 amide bonds. The molecule has 2 aromatic carbocycles. The maximum Gasteiger partial charge on any atom is 0.138 e. The van der Waals surface area contributed by atoms with Crippen LogP contribution in [0.2, 0.25) is 0 Å². The second-order valence-electron chi connectivity index (χ2n) is 5.66. The fraction of sp³-hybridized carbons (Fsp3) is 0.278. The van der Waals surface area contributed by atoms with Gasteiger partial charge in [0.2, 0.25) is 0 Å². The summed E-state index contributed by atoms with van der Waals surface area (Å²) in [4.78, 5) is 4.45. The lowest BCUT2D eigenvalue weighted by molar-refractivity contribution is 0.0895. The molecule has 6 heteroatoms. The molecular formula is C18H19BrN2O3. The van der Waals surface area contributed by atoms with E-state index in [4.69, 9.17) is 4.74 Å². The molecule has 126 valence electrons. The number of fused-ring (bicyclic) bond motifs is 1. The second kappa shape index (κ2) is 7.34. The molecule has 0 saturated heterocycles. The van der Waals surface area contributed by atoms with Gasteiger partial charge in [0.1, 0.15) is 30.4 Å². The van der Waals surface area contributed by atoms with Crippen LogP contribution in [0.4, 0.5) is 0 Å². The molecule has 24 heavy (non-hydrogen) atoms. The third-order valence-corrected chi connectivity index (χ3v) is 4.24. The Kier molecular flexibility index (Phi) is 5.18. The first-order valence-corrected chi connectivity index (χ1v) is 8.53. The number of hydrogen-bond acceptors (Lipinski definition) is 4. The van der Waals surface area contributed by atoms with Gasteiger partial charge in [-0.25, -0.2) is 4.98 Å². The molecule has 1 aromatic heterocycles. The summed E-state index contributed by atoms with van der Waals surface area (Å²) in [6, 6.07) is 15.1. The van der Waals surface area contributed by atoms with E-state index in [0.29, 0.717) is 18.1 Å². The van der Waals surface area contributed by atoms with Gasteiger partial charge >= 0.3 is 0 Å². The molecule has 0 fully saturated rings. The van der Waals surface area contributed by atoms with Crippen LogP contribution >= 0.6 is 15.9 Å². The van der Waals surface area contributed by atoms with Crippen LogP contribution in [0.25, 0.3) is 11.0 Å². The number of para-hydroxylation sites is 2. The first kappa shape index (κ1) is 17.0. The summed E-state index contributed by atoms with van der Waals surface area (Å²) in [5, 5.41) is 20.3. The average Bonchev–Trinajstić information content (AvgIpc) is 2.93. The molecular weight excluding hydrogens is 372 g/mol. The Hall–Kier alpha value is -1.89. The molecule has 2 atom stereocenters. The van der Waals surface area contributed by atoms with Gasteiger partial charge in [-0.05, 0) is 43.3 Å². The summed E-state index contributed by atoms with van der Waals surface area (Å²) in [6.07, 6.45) is -1.43. The van der Waals surface area contributed by atoms with Crippen LogP contribution in [0.1, 0.15) is 18.9 Å². The lowest BCUT2D eigenvalue weighted by atomic mass is 10.3. The van der Waals surface area contributed by atoms with E-state index in [9.17, 15) is 10.2 Å². The number of aliphatic hydroxyl groups excluding tert-OH is 2. The number of aromatic nitrogens is 2. The molecule has 5 nitrogen and oxygen atoms in total. The standard InChI is InChI=1S/C18H19BrN2O3/c1-12(22)18-20-16-4-2-3-5-17(16)21(18)10-14(23)11-24-15-8-6-13(19)7-9-15/h2-9,12,14,22-23H,10-11H2,1H3/t12-,14+/m0/s1. The van der Waals surface area contributed by atoms with Crippen molar-refractivity contribution in [2.45, 2.75) is 25.7 Å². The van der Waals surface area contributed by atoms with Crippen molar-refractivity contribution in [2.24, 2.45) is 0 Å². The molecule has 3 aromatic rings. The normalized spacial score (nSPS) is 13.8. The Bertz CT molecular complexity index is 815. The fourth-order valence-electron chi connectivity index (χ4n) is 2.59. The summed E-state index contributed by atoms with van der Waals surface area (Å²) >= 11 is 3.37. The highest BCUT2D eigenvalue weighted by Gasteiger charge is 2.17. The number of imidazole rings is 1. The van der Waals surface area contributed by atoms with Gasteiger partial charge in [0.05, 0.1) is 17.6 Å². The van der Waals surface area contributed by atoms with E-state index in [1.54, 1.807) is 6.92 Å². The van der Waals surface area contributed by atoms with Crippen molar-refractivity contribution in [1.82, 2.24) is 9.55 Å². The Morgan fingerprint density at radius 3 is 2.54 bits per heavy atom. The third kappa shape index (κ3) is 3.77. The number of nitrogens with zero attached hydrogens (tertiary/aromatic N) is 2. The van der Waals surface area contributed by atoms with Crippen molar-refractivity contribution in [3.8, 4) is 5.75 Å². The summed E-state index contributed by atoms with van der Waals surface area (Å²) in [7, 11) is 0. The fourth-order valence-corrected chi connectivity index (χ4v) is 2.86. The van der Waals surface area contributed by atoms with Crippen LogP contribution in [0.15, 0.2) is 53.0 Å². The van der Waals surface area contributed by atoms with Crippen molar-refractivity contribution in [3.05, 3.63) is 58.8 Å². The van der Waals surface area contributed by atoms with Crippen LogP contribution in [-0.2, 0) is 6.54 Å². The molecule has 0 spiro atoms. The zero-order chi connectivity index (χ0) is 17.1. The minimum absolute atomic E-state index is 0.160. The van der Waals surface area contributed by atoms with Gasteiger partial charge in [-0.1, -0.05) is 28.1 Å². The van der Waals surface area contributed by atoms with E-state index < -0.39 is 12.2 Å². The molecule has 0 saturated carbocycles. The zero-order valence-corrected chi connectivity index (χ0v) is 14.8. The van der Waals surface area contributed by atoms with E-state index >= 15 is 0 Å². The molecule has 0 aliphatic heterocycles. The van der Waals surface area contributed by atoms with E-state index in [2.05, 4.69) is 20.9 Å². The first-order valence-electron chi connectivity index (χ1n) is 7.74. The highest BCUT2D eigenvalue weighted by molar-refractivity contribution is 9.10. The monoisotopic (exact) mass is 390 g/mol. The van der Waals surface area contributed by atoms with Crippen molar-refractivity contribution < 1.29 is 14.9 Å². The molecule has 0 radical (unpaired) electrons. The van der Waals surface area contributed by atoms with Gasteiger partial charge < -0.3 is 19.5 Å². The van der Waals surface area contributed by atoms with Crippen molar-refractivity contribution in [2.75, 3.05) is 6.61 Å². The molecule has 0 unspecified atom stereocenters. The van der Waals surface area contributed by atoms with Crippen LogP contribution in [0, 0.1) is 0 Å². The SMILES string of the molecule is C[C@H](O)c1nc2ccccc2n1C[C@@H](O)COc1ccc(Br)cc1. The third-order valence-electron chi connectivity index (χ3n) is 3.71. The number of benzene rings is 2. The van der Waals surface area contributed by atoms with Crippen LogP contribution < -0.4 is 4.74 Å². The van der Waals surface area contributed by atoms with E-state index in [-0.39, 0.29) is 6.61 Å². The molecule has 0 aliphatic carbocycles. The number of ether oxygens (including phenoxy) is 1. The topological polar surface area (TPSA) is 67.5 Å². The predicted octanol–water partition coefficient (Wildman–Crippen LogP) is 3.29. The summed E-state index contributed by atoms with van der Waals surface area (Å²) in [5.41, 5.74) is 1.69. The first-order chi connectivity index (χ1) is 11.5. The maximum absolute atomic E-state index is 10.3. The number of aliphatic hydroxyl groups is 2. The minimum Gasteiger partial charge on any atom is -0.491 e. The molecule has 2 N–H and O–H groups in total. The largest absolute Gasteiger partial charge is 0.491 e.